The van der Waals surface area contributed by atoms with E-state index >= 15 is 0 Å². The summed E-state index contributed by atoms with van der Waals surface area (Å²) in [6.45, 7) is 6.38. The van der Waals surface area contributed by atoms with Gasteiger partial charge in [0, 0.05) is 12.1 Å². The van der Waals surface area contributed by atoms with Crippen LogP contribution in [0.3, 0.4) is 0 Å². The predicted octanol–water partition coefficient (Wildman–Crippen LogP) is 2.26. The quantitative estimate of drug-likeness (QED) is 0.724. The highest BCUT2D eigenvalue weighted by Crippen LogP contribution is 2.22. The molecule has 3 heteroatoms. The molecule has 1 aromatic carbocycles. The molecule has 0 heterocycles. The summed E-state index contributed by atoms with van der Waals surface area (Å²) in [5, 5.41) is 8.70. The largest absolute Gasteiger partial charge is 0.491 e. The van der Waals surface area contributed by atoms with Crippen LogP contribution in [0, 0.1) is 6.92 Å². The molecule has 1 rings (SSSR count). The minimum absolute atomic E-state index is 0.147. The molecule has 14 heavy (non-hydrogen) atoms. The van der Waals surface area contributed by atoms with Gasteiger partial charge in [0.1, 0.15) is 5.75 Å². The van der Waals surface area contributed by atoms with Crippen LogP contribution in [-0.2, 0) is 6.54 Å². The summed E-state index contributed by atoms with van der Waals surface area (Å²) in [7, 11) is 0. The fourth-order valence-corrected chi connectivity index (χ4v) is 1.35. The first-order valence-electron chi connectivity index (χ1n) is 4.77. The van der Waals surface area contributed by atoms with Crippen molar-refractivity contribution in [2.45, 2.75) is 33.4 Å². The van der Waals surface area contributed by atoms with Gasteiger partial charge in [-0.25, -0.2) is 5.48 Å². The van der Waals surface area contributed by atoms with E-state index in [0.717, 1.165) is 16.9 Å². The summed E-state index contributed by atoms with van der Waals surface area (Å²) in [4.78, 5) is 0. The van der Waals surface area contributed by atoms with Crippen molar-refractivity contribution in [1.82, 2.24) is 5.48 Å². The number of rotatable bonds is 4. The first-order chi connectivity index (χ1) is 6.65. The molecule has 0 unspecified atom stereocenters. The van der Waals surface area contributed by atoms with Gasteiger partial charge in [-0.1, -0.05) is 12.1 Å². The molecule has 0 atom stereocenters. The van der Waals surface area contributed by atoms with Crippen molar-refractivity contribution in [1.29, 1.82) is 0 Å². The summed E-state index contributed by atoms with van der Waals surface area (Å²) in [6, 6.07) is 5.87. The average Bonchev–Trinajstić information content (AvgIpc) is 2.10. The molecule has 0 radical (unpaired) electrons. The van der Waals surface area contributed by atoms with Gasteiger partial charge < -0.3 is 9.94 Å². The molecule has 0 saturated carbocycles. The maximum atomic E-state index is 8.70. The summed E-state index contributed by atoms with van der Waals surface area (Å²) in [5.74, 6) is 0.835. The van der Waals surface area contributed by atoms with Crippen molar-refractivity contribution in [2.24, 2.45) is 0 Å². The first-order valence-corrected chi connectivity index (χ1v) is 4.77. The van der Waals surface area contributed by atoms with Crippen LogP contribution in [0.15, 0.2) is 18.2 Å². The van der Waals surface area contributed by atoms with Gasteiger partial charge >= 0.3 is 0 Å². The van der Waals surface area contributed by atoms with Crippen molar-refractivity contribution in [3.8, 4) is 5.75 Å². The topological polar surface area (TPSA) is 41.5 Å². The summed E-state index contributed by atoms with van der Waals surface area (Å²) < 4.78 is 5.63. The number of ether oxygens (including phenoxy) is 1. The number of nitrogens with one attached hydrogen (secondary N) is 1. The second-order valence-corrected chi connectivity index (χ2v) is 3.55. The van der Waals surface area contributed by atoms with Gasteiger partial charge in [-0.3, -0.25) is 0 Å². The Bertz CT molecular complexity index is 297. The van der Waals surface area contributed by atoms with Gasteiger partial charge in [-0.05, 0) is 32.4 Å². The predicted molar refractivity (Wildman–Crippen MR) is 55.6 cm³/mol. The highest BCUT2D eigenvalue weighted by Gasteiger charge is 2.07. The van der Waals surface area contributed by atoms with Crippen LogP contribution in [0.1, 0.15) is 25.0 Å². The van der Waals surface area contributed by atoms with Crippen molar-refractivity contribution in [3.05, 3.63) is 29.3 Å². The minimum Gasteiger partial charge on any atom is -0.491 e. The molecule has 0 aliphatic heterocycles. The molecule has 1 aromatic rings. The van der Waals surface area contributed by atoms with Crippen molar-refractivity contribution < 1.29 is 9.94 Å². The Kier molecular flexibility index (Phi) is 3.92. The summed E-state index contributed by atoms with van der Waals surface area (Å²) >= 11 is 0. The van der Waals surface area contributed by atoms with E-state index < -0.39 is 0 Å². The monoisotopic (exact) mass is 195 g/mol. The molecule has 0 aliphatic rings. The van der Waals surface area contributed by atoms with E-state index in [-0.39, 0.29) is 6.10 Å². The summed E-state index contributed by atoms with van der Waals surface area (Å²) in [5.41, 5.74) is 4.28. The van der Waals surface area contributed by atoms with Crippen LogP contribution >= 0.6 is 0 Å². The fraction of sp³-hybridized carbons (Fsp3) is 0.455. The van der Waals surface area contributed by atoms with Crippen molar-refractivity contribution in [2.75, 3.05) is 0 Å². The molecule has 0 spiro atoms. The standard InChI is InChI=1S/C11H17NO2/c1-8(2)14-11-6-4-5-9(3)10(11)7-12-13/h4-6,8,12-13H,7H2,1-3H3. The Balaban J connectivity index is 2.95. The third-order valence-electron chi connectivity index (χ3n) is 1.99. The zero-order valence-electron chi connectivity index (χ0n) is 8.87. The third-order valence-corrected chi connectivity index (χ3v) is 1.99. The second kappa shape index (κ2) is 4.98. The molecule has 3 nitrogen and oxygen atoms in total. The Morgan fingerprint density at radius 1 is 1.43 bits per heavy atom. The summed E-state index contributed by atoms with van der Waals surface area (Å²) in [6.07, 6.45) is 0.147. The van der Waals surface area contributed by atoms with E-state index in [1.165, 1.54) is 0 Å². The molecule has 0 saturated heterocycles. The Morgan fingerprint density at radius 2 is 2.14 bits per heavy atom. The lowest BCUT2D eigenvalue weighted by Crippen LogP contribution is -2.12. The van der Waals surface area contributed by atoms with E-state index in [9.17, 15) is 0 Å². The van der Waals surface area contributed by atoms with Gasteiger partial charge in [0.2, 0.25) is 0 Å². The van der Waals surface area contributed by atoms with Crippen LogP contribution in [0.4, 0.5) is 0 Å². The molecular formula is C11H17NO2. The van der Waals surface area contributed by atoms with Crippen molar-refractivity contribution >= 4 is 0 Å². The number of aryl methyl sites for hydroxylation is 1. The highest BCUT2D eigenvalue weighted by atomic mass is 16.5. The van der Waals surface area contributed by atoms with E-state index in [2.05, 4.69) is 5.48 Å². The van der Waals surface area contributed by atoms with Crippen LogP contribution in [0.2, 0.25) is 0 Å². The van der Waals surface area contributed by atoms with Crippen LogP contribution in [0.5, 0.6) is 5.75 Å². The van der Waals surface area contributed by atoms with Gasteiger partial charge in [0.15, 0.2) is 0 Å². The van der Waals surface area contributed by atoms with E-state index in [4.69, 9.17) is 9.94 Å². The number of hydrogen-bond acceptors (Lipinski definition) is 3. The molecule has 0 aromatic heterocycles. The van der Waals surface area contributed by atoms with Gasteiger partial charge in [-0.2, -0.15) is 0 Å². The highest BCUT2D eigenvalue weighted by molar-refractivity contribution is 5.39. The molecule has 0 aliphatic carbocycles. The molecule has 78 valence electrons. The number of hydrogen-bond donors (Lipinski definition) is 2. The average molecular weight is 195 g/mol. The second-order valence-electron chi connectivity index (χ2n) is 3.55. The number of benzene rings is 1. The smallest absolute Gasteiger partial charge is 0.124 e. The lowest BCUT2D eigenvalue weighted by molar-refractivity contribution is 0.158. The Hall–Kier alpha value is -1.06. The van der Waals surface area contributed by atoms with Gasteiger partial charge in [-0.15, -0.1) is 0 Å². The zero-order valence-corrected chi connectivity index (χ0v) is 8.87. The maximum absolute atomic E-state index is 8.70. The van der Waals surface area contributed by atoms with Gasteiger partial charge in [0.05, 0.1) is 6.10 Å². The van der Waals surface area contributed by atoms with Crippen LogP contribution < -0.4 is 10.2 Å². The molecule has 0 fully saturated rings. The number of hydroxylamine groups is 1. The van der Waals surface area contributed by atoms with E-state index in [1.54, 1.807) is 0 Å². The third kappa shape index (κ3) is 2.72. The first kappa shape index (κ1) is 11.0. The molecular weight excluding hydrogens is 178 g/mol. The Labute approximate surface area is 84.7 Å². The maximum Gasteiger partial charge on any atom is 0.124 e. The normalized spacial score (nSPS) is 10.6. The van der Waals surface area contributed by atoms with Crippen LogP contribution in [0.25, 0.3) is 0 Å². The van der Waals surface area contributed by atoms with Gasteiger partial charge in [0.25, 0.3) is 0 Å². The van der Waals surface area contributed by atoms with E-state index in [1.807, 2.05) is 39.0 Å². The minimum atomic E-state index is 0.147. The molecule has 0 amide bonds. The lowest BCUT2D eigenvalue weighted by Gasteiger charge is -2.15. The van der Waals surface area contributed by atoms with Crippen molar-refractivity contribution in [3.63, 3.8) is 0 Å². The zero-order chi connectivity index (χ0) is 10.6. The molecule has 2 N–H and O–H groups in total. The van der Waals surface area contributed by atoms with E-state index in [0.29, 0.717) is 6.54 Å². The Morgan fingerprint density at radius 3 is 2.71 bits per heavy atom. The fourth-order valence-electron chi connectivity index (χ4n) is 1.35. The van der Waals surface area contributed by atoms with Crippen LogP contribution in [-0.4, -0.2) is 11.3 Å². The lowest BCUT2D eigenvalue weighted by atomic mass is 10.1. The SMILES string of the molecule is Cc1cccc(OC(C)C)c1CNO. The molecule has 0 bridgehead atoms.